The first kappa shape index (κ1) is 10.4. The predicted molar refractivity (Wildman–Crippen MR) is 58.9 cm³/mol. The van der Waals surface area contributed by atoms with Gasteiger partial charge < -0.3 is 9.73 Å². The highest BCUT2D eigenvalue weighted by Crippen LogP contribution is 2.06. The van der Waals surface area contributed by atoms with Gasteiger partial charge >= 0.3 is 0 Å². The maximum Gasteiger partial charge on any atom is 0.287 e. The minimum Gasteiger partial charge on any atom is -0.459 e. The summed E-state index contributed by atoms with van der Waals surface area (Å²) in [4.78, 5) is 15.6. The first-order valence-electron chi connectivity index (χ1n) is 4.98. The van der Waals surface area contributed by atoms with Gasteiger partial charge in [-0.25, -0.2) is 0 Å². The van der Waals surface area contributed by atoms with E-state index in [1.807, 2.05) is 19.1 Å². The van der Waals surface area contributed by atoms with Gasteiger partial charge in [0.05, 0.1) is 6.26 Å². The third kappa shape index (κ3) is 2.48. The summed E-state index contributed by atoms with van der Waals surface area (Å²) in [5, 5.41) is 2.76. The normalized spacial score (nSPS) is 10.1. The van der Waals surface area contributed by atoms with Crippen LogP contribution in [0.2, 0.25) is 0 Å². The van der Waals surface area contributed by atoms with Crippen LogP contribution in [-0.2, 0) is 6.54 Å². The molecule has 16 heavy (non-hydrogen) atoms. The van der Waals surface area contributed by atoms with E-state index < -0.39 is 0 Å². The number of amides is 1. The molecule has 0 unspecified atom stereocenters. The molecule has 0 aromatic carbocycles. The molecule has 0 saturated heterocycles. The third-order valence-electron chi connectivity index (χ3n) is 2.13. The Bertz CT molecular complexity index is 477. The number of aryl methyl sites for hydroxylation is 1. The number of hydrogen-bond donors (Lipinski definition) is 1. The van der Waals surface area contributed by atoms with Crippen molar-refractivity contribution in [3.63, 3.8) is 0 Å². The maximum atomic E-state index is 11.6. The van der Waals surface area contributed by atoms with E-state index >= 15 is 0 Å². The molecule has 82 valence electrons. The fraction of sp³-hybridized carbons (Fsp3) is 0.167. The van der Waals surface area contributed by atoms with Crippen molar-refractivity contribution in [3.8, 4) is 0 Å². The van der Waals surface area contributed by atoms with Crippen molar-refractivity contribution in [2.75, 3.05) is 0 Å². The quantitative estimate of drug-likeness (QED) is 0.852. The smallest absolute Gasteiger partial charge is 0.287 e. The lowest BCUT2D eigenvalue weighted by Gasteiger charge is -2.02. The number of furan rings is 1. The fourth-order valence-corrected chi connectivity index (χ4v) is 1.32. The Morgan fingerprint density at radius 2 is 2.44 bits per heavy atom. The number of carbonyl (C=O) groups excluding carboxylic acids is 1. The van der Waals surface area contributed by atoms with Crippen molar-refractivity contribution >= 4 is 5.91 Å². The second-order valence-electron chi connectivity index (χ2n) is 3.53. The molecular weight excluding hydrogens is 204 g/mol. The van der Waals surface area contributed by atoms with Gasteiger partial charge in [-0.2, -0.15) is 0 Å². The summed E-state index contributed by atoms with van der Waals surface area (Å²) in [6, 6.07) is 5.44. The standard InChI is InChI=1S/C12H12N2O2/c1-9-5-11(16-8-9)12(15)14-7-10-3-2-4-13-6-10/h2-6,8H,7H2,1H3,(H,14,15). The third-order valence-corrected chi connectivity index (χ3v) is 2.13. The lowest BCUT2D eigenvalue weighted by molar-refractivity contribution is 0.0923. The highest BCUT2D eigenvalue weighted by Gasteiger charge is 2.08. The molecule has 0 radical (unpaired) electrons. The molecule has 0 spiro atoms. The second-order valence-corrected chi connectivity index (χ2v) is 3.53. The minimum atomic E-state index is -0.211. The van der Waals surface area contributed by atoms with Crippen LogP contribution < -0.4 is 5.32 Å². The summed E-state index contributed by atoms with van der Waals surface area (Å²) in [5.41, 5.74) is 1.89. The molecular formula is C12H12N2O2. The molecule has 4 heteroatoms. The molecule has 0 atom stereocenters. The summed E-state index contributed by atoms with van der Waals surface area (Å²) in [6.07, 6.45) is 4.97. The van der Waals surface area contributed by atoms with Gasteiger partial charge in [0.2, 0.25) is 0 Å². The van der Waals surface area contributed by atoms with Gasteiger partial charge in [0.25, 0.3) is 5.91 Å². The first-order valence-corrected chi connectivity index (χ1v) is 4.98. The van der Waals surface area contributed by atoms with Crippen LogP contribution in [0.15, 0.2) is 41.3 Å². The predicted octanol–water partition coefficient (Wildman–Crippen LogP) is 1.91. The Labute approximate surface area is 93.3 Å². The number of nitrogens with zero attached hydrogens (tertiary/aromatic N) is 1. The van der Waals surface area contributed by atoms with E-state index in [0.29, 0.717) is 12.3 Å². The molecule has 0 aliphatic rings. The molecule has 2 aromatic heterocycles. The molecule has 4 nitrogen and oxygen atoms in total. The number of rotatable bonds is 3. The van der Waals surface area contributed by atoms with Gasteiger partial charge in [-0.1, -0.05) is 6.07 Å². The monoisotopic (exact) mass is 216 g/mol. The van der Waals surface area contributed by atoms with Gasteiger partial charge in [-0.3, -0.25) is 9.78 Å². The topological polar surface area (TPSA) is 55.1 Å². The van der Waals surface area contributed by atoms with E-state index in [9.17, 15) is 4.79 Å². The van der Waals surface area contributed by atoms with Crippen LogP contribution in [0.3, 0.4) is 0 Å². The number of pyridine rings is 1. The van der Waals surface area contributed by atoms with Crippen LogP contribution in [0, 0.1) is 6.92 Å². The van der Waals surface area contributed by atoms with Crippen molar-refractivity contribution in [2.24, 2.45) is 0 Å². The van der Waals surface area contributed by atoms with Crippen LogP contribution in [0.25, 0.3) is 0 Å². The van der Waals surface area contributed by atoms with Crippen LogP contribution in [0.5, 0.6) is 0 Å². The van der Waals surface area contributed by atoms with E-state index in [0.717, 1.165) is 11.1 Å². The molecule has 2 heterocycles. The molecule has 0 aliphatic carbocycles. The summed E-state index contributed by atoms with van der Waals surface area (Å²) in [7, 11) is 0. The van der Waals surface area contributed by atoms with E-state index in [4.69, 9.17) is 4.42 Å². The molecule has 0 fully saturated rings. The van der Waals surface area contributed by atoms with Gasteiger partial charge in [0.1, 0.15) is 0 Å². The molecule has 0 bridgehead atoms. The Balaban J connectivity index is 1.94. The lowest BCUT2D eigenvalue weighted by Crippen LogP contribution is -2.22. The first-order chi connectivity index (χ1) is 7.75. The highest BCUT2D eigenvalue weighted by atomic mass is 16.3. The van der Waals surface area contributed by atoms with E-state index in [1.165, 1.54) is 0 Å². The zero-order chi connectivity index (χ0) is 11.4. The van der Waals surface area contributed by atoms with Crippen LogP contribution in [-0.4, -0.2) is 10.9 Å². The molecule has 1 N–H and O–H groups in total. The zero-order valence-electron chi connectivity index (χ0n) is 8.93. The summed E-state index contributed by atoms with van der Waals surface area (Å²) in [6.45, 7) is 2.33. The molecule has 2 aromatic rings. The van der Waals surface area contributed by atoms with Crippen molar-refractivity contribution in [3.05, 3.63) is 53.7 Å². The van der Waals surface area contributed by atoms with Gasteiger partial charge in [0, 0.05) is 18.9 Å². The van der Waals surface area contributed by atoms with Crippen molar-refractivity contribution in [1.29, 1.82) is 0 Å². The Hall–Kier alpha value is -2.10. The second kappa shape index (κ2) is 4.61. The van der Waals surface area contributed by atoms with Crippen molar-refractivity contribution < 1.29 is 9.21 Å². The molecule has 0 aliphatic heterocycles. The van der Waals surface area contributed by atoms with Gasteiger partial charge in [-0.05, 0) is 30.2 Å². The SMILES string of the molecule is Cc1coc(C(=O)NCc2cccnc2)c1. The molecule has 1 amide bonds. The number of aromatic nitrogens is 1. The highest BCUT2D eigenvalue weighted by molar-refractivity contribution is 5.91. The summed E-state index contributed by atoms with van der Waals surface area (Å²) >= 11 is 0. The minimum absolute atomic E-state index is 0.211. The Morgan fingerprint density at radius 3 is 3.06 bits per heavy atom. The number of hydrogen-bond acceptors (Lipinski definition) is 3. The fourth-order valence-electron chi connectivity index (χ4n) is 1.32. The van der Waals surface area contributed by atoms with Crippen molar-refractivity contribution in [2.45, 2.75) is 13.5 Å². The van der Waals surface area contributed by atoms with Gasteiger partial charge in [0.15, 0.2) is 5.76 Å². The lowest BCUT2D eigenvalue weighted by atomic mass is 10.3. The number of carbonyl (C=O) groups is 1. The number of nitrogens with one attached hydrogen (secondary N) is 1. The molecule has 0 saturated carbocycles. The average molecular weight is 216 g/mol. The van der Waals surface area contributed by atoms with Gasteiger partial charge in [-0.15, -0.1) is 0 Å². The summed E-state index contributed by atoms with van der Waals surface area (Å²) in [5.74, 6) is 0.123. The average Bonchev–Trinajstić information content (AvgIpc) is 2.74. The molecule has 2 rings (SSSR count). The maximum absolute atomic E-state index is 11.6. The van der Waals surface area contributed by atoms with E-state index in [-0.39, 0.29) is 5.91 Å². The van der Waals surface area contributed by atoms with Crippen LogP contribution in [0.4, 0.5) is 0 Å². The Morgan fingerprint density at radius 1 is 1.56 bits per heavy atom. The largest absolute Gasteiger partial charge is 0.459 e. The summed E-state index contributed by atoms with van der Waals surface area (Å²) < 4.78 is 5.09. The zero-order valence-corrected chi connectivity index (χ0v) is 8.93. The van der Waals surface area contributed by atoms with E-state index in [1.54, 1.807) is 24.7 Å². The van der Waals surface area contributed by atoms with Crippen LogP contribution in [0.1, 0.15) is 21.7 Å². The van der Waals surface area contributed by atoms with Crippen molar-refractivity contribution in [1.82, 2.24) is 10.3 Å². The van der Waals surface area contributed by atoms with E-state index in [2.05, 4.69) is 10.3 Å². The Kier molecular flexibility index (Phi) is 3.00. The van der Waals surface area contributed by atoms with Crippen LogP contribution >= 0.6 is 0 Å².